The van der Waals surface area contributed by atoms with Gasteiger partial charge in [-0.1, -0.05) is 17.7 Å². The molecule has 10 nitrogen and oxygen atoms in total. The number of benzene rings is 2. The average Bonchev–Trinajstić information content (AvgIpc) is 3.38. The van der Waals surface area contributed by atoms with Crippen LogP contribution in [0.25, 0.3) is 10.4 Å². The van der Waals surface area contributed by atoms with E-state index in [9.17, 15) is 22.9 Å². The van der Waals surface area contributed by atoms with E-state index in [-0.39, 0.29) is 23.8 Å². The molecular formula is C27H35B2N5O5S2. The molecule has 0 saturated carbocycles. The van der Waals surface area contributed by atoms with Crippen LogP contribution in [-0.2, 0) is 21.3 Å². The number of hydrogen-bond donors (Lipinski definition) is 5. The predicted molar refractivity (Wildman–Crippen MR) is 165 cm³/mol. The maximum atomic E-state index is 13.0. The van der Waals surface area contributed by atoms with Crippen LogP contribution in [0.2, 0.25) is 6.82 Å². The molecule has 1 atom stereocenters. The van der Waals surface area contributed by atoms with Gasteiger partial charge in [0.15, 0.2) is 0 Å². The van der Waals surface area contributed by atoms with E-state index in [0.717, 1.165) is 21.6 Å². The summed E-state index contributed by atoms with van der Waals surface area (Å²) in [6, 6.07) is 14.5. The summed E-state index contributed by atoms with van der Waals surface area (Å²) in [6.45, 7) is 9.23. The van der Waals surface area contributed by atoms with Gasteiger partial charge in [-0.3, -0.25) is 4.79 Å². The third-order valence-corrected chi connectivity index (χ3v) is 9.00. The van der Waals surface area contributed by atoms with Crippen LogP contribution in [0.15, 0.2) is 58.3 Å². The molecule has 0 bridgehead atoms. The Bertz CT molecular complexity index is 1500. The van der Waals surface area contributed by atoms with E-state index >= 15 is 0 Å². The van der Waals surface area contributed by atoms with E-state index in [0.29, 0.717) is 35.7 Å². The fourth-order valence-corrected chi connectivity index (χ4v) is 7.02. The number of thiophene rings is 1. The SMILES string of the molecule is CB(O)N=C(NCB=O)NCc1cccc(-c2ccc(C(=O)NCC(C)NS(=O)(=O)c3c(C)cc(C)cc3C)s2)c1. The fourth-order valence-electron chi connectivity index (χ4n) is 4.40. The molecule has 0 spiro atoms. The van der Waals surface area contributed by atoms with Crippen LogP contribution in [0.3, 0.4) is 0 Å². The number of sulfonamides is 1. The maximum absolute atomic E-state index is 13.0. The van der Waals surface area contributed by atoms with Crippen molar-refractivity contribution in [2.45, 2.75) is 52.0 Å². The van der Waals surface area contributed by atoms with Gasteiger partial charge in [0.1, 0.15) is 0 Å². The molecule has 1 aromatic heterocycles. The first-order chi connectivity index (χ1) is 19.4. The zero-order chi connectivity index (χ0) is 30.2. The Balaban J connectivity index is 1.60. The van der Waals surface area contributed by atoms with Gasteiger partial charge in [0.2, 0.25) is 10.0 Å². The number of carbonyl (C=O) groups is 1. The van der Waals surface area contributed by atoms with Crippen LogP contribution in [0.1, 0.15) is 38.8 Å². The molecule has 3 rings (SSSR count). The number of guanidine groups is 1. The molecule has 1 amide bonds. The molecule has 0 aliphatic heterocycles. The van der Waals surface area contributed by atoms with Crippen molar-refractivity contribution in [2.75, 3.05) is 13.0 Å². The van der Waals surface area contributed by atoms with Gasteiger partial charge < -0.3 is 5.32 Å². The zero-order valence-electron chi connectivity index (χ0n) is 23.8. The van der Waals surface area contributed by atoms with E-state index in [1.165, 1.54) is 18.2 Å². The summed E-state index contributed by atoms with van der Waals surface area (Å²) in [6.07, 6.45) is 0.0649. The number of nitrogens with zero attached hydrogens (tertiary/aromatic N) is 1. The van der Waals surface area contributed by atoms with Crippen molar-refractivity contribution < 1.29 is 22.9 Å². The second-order valence-corrected chi connectivity index (χ2v) is 12.6. The average molecular weight is 595 g/mol. The van der Waals surface area contributed by atoms with E-state index in [4.69, 9.17) is 0 Å². The number of aryl methyl sites for hydroxylation is 3. The molecule has 1 unspecified atom stereocenters. The van der Waals surface area contributed by atoms with Crippen molar-refractivity contribution in [1.82, 2.24) is 20.7 Å². The van der Waals surface area contributed by atoms with Gasteiger partial charge in [-0.05, 0) is 38.8 Å². The number of rotatable bonds is 12. The first-order valence-electron chi connectivity index (χ1n) is 13.1. The molecule has 0 aliphatic carbocycles. The van der Waals surface area contributed by atoms with Gasteiger partial charge in [0.25, 0.3) is 0 Å². The second kappa shape index (κ2) is 14.5. The Hall–Kier alpha value is -3.32. The minimum atomic E-state index is -3.75. The zero-order valence-corrected chi connectivity index (χ0v) is 25.4. The van der Waals surface area contributed by atoms with Crippen LogP contribution in [0, 0.1) is 20.8 Å². The molecule has 1 heterocycles. The van der Waals surface area contributed by atoms with Crippen LogP contribution in [0.4, 0.5) is 0 Å². The second-order valence-electron chi connectivity index (χ2n) is 9.84. The Morgan fingerprint density at radius 2 is 1.78 bits per heavy atom. The van der Waals surface area contributed by atoms with Gasteiger partial charge in [0.05, 0.1) is 4.90 Å². The summed E-state index contributed by atoms with van der Waals surface area (Å²) < 4.78 is 39.4. The first-order valence-corrected chi connectivity index (χ1v) is 15.4. The number of carbonyl (C=O) groups excluding carboxylic acids is 1. The van der Waals surface area contributed by atoms with E-state index in [1.54, 1.807) is 26.8 Å². The molecule has 3 aromatic rings. The van der Waals surface area contributed by atoms with Crippen LogP contribution in [0.5, 0.6) is 0 Å². The third kappa shape index (κ3) is 9.35. The Labute approximate surface area is 246 Å². The molecule has 0 radical (unpaired) electrons. The summed E-state index contributed by atoms with van der Waals surface area (Å²) >= 11 is 1.33. The molecule has 2 aromatic carbocycles. The van der Waals surface area contributed by atoms with Crippen molar-refractivity contribution in [3.63, 3.8) is 0 Å². The van der Waals surface area contributed by atoms with Gasteiger partial charge in [-0.2, -0.15) is 0 Å². The fraction of sp³-hybridized carbons (Fsp3) is 0.333. The molecule has 0 aliphatic rings. The number of amides is 1. The standard InChI is InChI=1S/C27H35B2N5O5S2/c1-17-11-18(2)25(19(3)12-17)41(38,39)34-20(4)14-30-26(35)24-10-9-23(40-24)22-8-6-7-21(13-22)15-31-27(32-16-28-36)33-29(5)37/h6-13,20,34,37H,14-16H2,1-5H3,(H,30,35)(H2,31,32,33). The predicted octanol–water partition coefficient (Wildman–Crippen LogP) is 2.59. The van der Waals surface area contributed by atoms with Crippen LogP contribution < -0.4 is 20.7 Å². The van der Waals surface area contributed by atoms with Crippen molar-refractivity contribution in [1.29, 1.82) is 0 Å². The van der Waals surface area contributed by atoms with Crippen molar-refractivity contribution in [2.24, 2.45) is 4.90 Å². The van der Waals surface area contributed by atoms with Crippen LogP contribution in [-0.4, -0.2) is 58.5 Å². The normalized spacial score (nSPS) is 12.4. The Morgan fingerprint density at radius 3 is 2.44 bits per heavy atom. The molecule has 216 valence electrons. The summed E-state index contributed by atoms with van der Waals surface area (Å²) in [7, 11) is -3.97. The number of hydrogen-bond acceptors (Lipinski definition) is 7. The molecule has 41 heavy (non-hydrogen) atoms. The van der Waals surface area contributed by atoms with E-state index in [2.05, 4.69) is 25.6 Å². The van der Waals surface area contributed by atoms with E-state index < -0.39 is 23.1 Å². The molecule has 5 N–H and O–H groups in total. The van der Waals surface area contributed by atoms with E-state index in [1.807, 2.05) is 49.4 Å². The van der Waals surface area contributed by atoms with Gasteiger partial charge in [0, 0.05) is 12.6 Å². The molecule has 0 saturated heterocycles. The minimum absolute atomic E-state index is 0.0649. The first kappa shape index (κ1) is 32.2. The number of nitrogens with one attached hydrogen (secondary N) is 4. The summed E-state index contributed by atoms with van der Waals surface area (Å²) in [5.74, 6) is 0.0290. The Morgan fingerprint density at radius 1 is 1.07 bits per heavy atom. The third-order valence-electron chi connectivity index (χ3n) is 5.97. The van der Waals surface area contributed by atoms with Crippen molar-refractivity contribution in [3.8, 4) is 10.4 Å². The molecular weight excluding hydrogens is 560 g/mol. The van der Waals surface area contributed by atoms with Gasteiger partial charge in [-0.25, -0.2) is 13.1 Å². The monoisotopic (exact) mass is 595 g/mol. The van der Waals surface area contributed by atoms with Gasteiger partial charge in [-0.15, -0.1) is 0 Å². The quantitative estimate of drug-likeness (QED) is 0.123. The summed E-state index contributed by atoms with van der Waals surface area (Å²) in [5.41, 5.74) is 4.22. The summed E-state index contributed by atoms with van der Waals surface area (Å²) in [5, 5.41) is 18.2. The molecule has 14 heteroatoms. The topological polar surface area (TPSA) is 149 Å². The van der Waals surface area contributed by atoms with Crippen molar-refractivity contribution >= 4 is 47.4 Å². The molecule has 0 fully saturated rings. The van der Waals surface area contributed by atoms with Gasteiger partial charge >= 0.3 is 140 Å². The Kier molecular flexibility index (Phi) is 11.4. The van der Waals surface area contributed by atoms with Crippen molar-refractivity contribution in [3.05, 3.63) is 75.7 Å². The summed E-state index contributed by atoms with van der Waals surface area (Å²) in [4.78, 5) is 18.5. The van der Waals surface area contributed by atoms with Crippen LogP contribution >= 0.6 is 11.3 Å².